The van der Waals surface area contributed by atoms with Crippen LogP contribution in [0.25, 0.3) is 0 Å². The molecule has 0 bridgehead atoms. The molecule has 2 fully saturated rings. The highest BCUT2D eigenvalue weighted by molar-refractivity contribution is 14.0. The van der Waals surface area contributed by atoms with Gasteiger partial charge in [-0.2, -0.15) is 0 Å². The van der Waals surface area contributed by atoms with Gasteiger partial charge in [0.25, 0.3) is 0 Å². The fraction of sp³-hybridized carbons (Fsp3) is 0.500. The first-order chi connectivity index (χ1) is 11.9. The minimum Gasteiger partial charge on any atom is -0.469 e. The minimum atomic E-state index is 0. The highest BCUT2D eigenvalue weighted by Crippen LogP contribution is 2.23. The lowest BCUT2D eigenvalue weighted by Crippen LogP contribution is -2.53. The molecule has 1 aliphatic carbocycles. The van der Waals surface area contributed by atoms with Crippen LogP contribution >= 0.6 is 35.3 Å². The highest BCUT2D eigenvalue weighted by Gasteiger charge is 2.26. The number of anilines is 1. The highest BCUT2D eigenvalue weighted by atomic mass is 127. The van der Waals surface area contributed by atoms with Gasteiger partial charge in [0.15, 0.2) is 5.96 Å². The normalized spacial score (nSPS) is 18.2. The predicted octanol–water partition coefficient (Wildman–Crippen LogP) is 3.43. The molecule has 136 valence electrons. The summed E-state index contributed by atoms with van der Waals surface area (Å²) in [6, 6.07) is 8.92. The quantitative estimate of drug-likeness (QED) is 0.412. The van der Waals surface area contributed by atoms with Crippen molar-refractivity contribution in [2.45, 2.75) is 25.3 Å². The molecule has 1 saturated carbocycles. The molecule has 0 spiro atoms. The van der Waals surface area contributed by atoms with Crippen molar-refractivity contribution in [2.75, 3.05) is 37.6 Å². The van der Waals surface area contributed by atoms with Crippen LogP contribution in [0, 0.1) is 0 Å². The number of rotatable bonds is 5. The van der Waals surface area contributed by atoms with E-state index in [-0.39, 0.29) is 24.0 Å². The first kappa shape index (κ1) is 18.6. The monoisotopic (exact) mass is 472 g/mol. The van der Waals surface area contributed by atoms with Gasteiger partial charge in [-0.1, -0.05) is 0 Å². The summed E-state index contributed by atoms with van der Waals surface area (Å²) < 4.78 is 5.40. The van der Waals surface area contributed by atoms with Crippen LogP contribution in [0.5, 0.6) is 0 Å². The van der Waals surface area contributed by atoms with Crippen molar-refractivity contribution in [1.82, 2.24) is 10.2 Å². The van der Waals surface area contributed by atoms with E-state index in [1.54, 1.807) is 6.26 Å². The third-order valence-corrected chi connectivity index (χ3v) is 5.44. The molecule has 1 aliphatic heterocycles. The summed E-state index contributed by atoms with van der Waals surface area (Å²) in [5.74, 6) is 2.09. The van der Waals surface area contributed by atoms with Gasteiger partial charge in [0, 0.05) is 45.2 Å². The predicted molar refractivity (Wildman–Crippen MR) is 114 cm³/mol. The van der Waals surface area contributed by atoms with Crippen molar-refractivity contribution in [1.29, 1.82) is 0 Å². The lowest BCUT2D eigenvalue weighted by molar-refractivity contribution is 0.372. The first-order valence-electron chi connectivity index (χ1n) is 8.75. The van der Waals surface area contributed by atoms with Crippen LogP contribution in [0.15, 0.2) is 45.3 Å². The van der Waals surface area contributed by atoms with Crippen molar-refractivity contribution in [3.8, 4) is 0 Å². The second-order valence-electron chi connectivity index (χ2n) is 6.38. The van der Waals surface area contributed by atoms with Crippen LogP contribution in [-0.4, -0.2) is 49.6 Å². The second-order valence-corrected chi connectivity index (χ2v) is 7.30. The number of piperazine rings is 1. The number of nitrogens with zero attached hydrogens (tertiary/aromatic N) is 3. The fourth-order valence-corrected chi connectivity index (χ4v) is 3.75. The molecular formula is C18H25IN4OS. The molecular weight excluding hydrogens is 447 g/mol. The Hall–Kier alpha value is -1.22. The topological polar surface area (TPSA) is 44.0 Å². The van der Waals surface area contributed by atoms with E-state index in [1.807, 2.05) is 23.5 Å². The molecule has 1 saturated heterocycles. The zero-order valence-electron chi connectivity index (χ0n) is 14.3. The maximum Gasteiger partial charge on any atom is 0.194 e. The number of hydrogen-bond acceptors (Lipinski definition) is 4. The van der Waals surface area contributed by atoms with Gasteiger partial charge in [-0.25, -0.2) is 0 Å². The molecule has 25 heavy (non-hydrogen) atoms. The van der Waals surface area contributed by atoms with Gasteiger partial charge in [0.1, 0.15) is 5.76 Å². The molecule has 0 atom stereocenters. The molecule has 7 heteroatoms. The SMILES string of the molecule is I.c1coc(CCN=C(NC2CC2)N2CCN(c3cccs3)CC2)c1. The van der Waals surface area contributed by atoms with E-state index in [0.717, 1.165) is 50.9 Å². The van der Waals surface area contributed by atoms with Gasteiger partial charge in [-0.3, -0.25) is 4.99 Å². The second kappa shape index (κ2) is 8.93. The van der Waals surface area contributed by atoms with E-state index in [9.17, 15) is 0 Å². The molecule has 0 aromatic carbocycles. The summed E-state index contributed by atoms with van der Waals surface area (Å²) in [5.41, 5.74) is 0. The van der Waals surface area contributed by atoms with E-state index in [1.165, 1.54) is 17.8 Å². The summed E-state index contributed by atoms with van der Waals surface area (Å²) in [6.07, 6.45) is 5.13. The van der Waals surface area contributed by atoms with Crippen LogP contribution < -0.4 is 10.2 Å². The molecule has 0 unspecified atom stereocenters. The molecule has 3 heterocycles. The Morgan fingerprint density at radius 1 is 1.20 bits per heavy atom. The van der Waals surface area contributed by atoms with Crippen LogP contribution in [0.4, 0.5) is 5.00 Å². The van der Waals surface area contributed by atoms with Crippen LogP contribution in [0.3, 0.4) is 0 Å². The zero-order valence-corrected chi connectivity index (χ0v) is 17.4. The number of hydrogen-bond donors (Lipinski definition) is 1. The van der Waals surface area contributed by atoms with Crippen molar-refractivity contribution >= 4 is 46.3 Å². The van der Waals surface area contributed by atoms with Crippen LogP contribution in [0.1, 0.15) is 18.6 Å². The molecule has 2 aromatic rings. The number of furan rings is 1. The first-order valence-corrected chi connectivity index (χ1v) is 9.63. The smallest absolute Gasteiger partial charge is 0.194 e. The number of halogens is 1. The standard InChI is InChI=1S/C18H24N4OS.HI/c1-3-16(23-13-1)7-8-19-18(20-15-5-6-15)22-11-9-21(10-12-22)17-4-2-14-24-17;/h1-4,13-15H,5-12H2,(H,19,20);1H. The van der Waals surface area contributed by atoms with Gasteiger partial charge in [0.2, 0.25) is 0 Å². The molecule has 0 radical (unpaired) electrons. The molecule has 5 nitrogen and oxygen atoms in total. The maximum absolute atomic E-state index is 5.40. The third-order valence-electron chi connectivity index (χ3n) is 4.51. The summed E-state index contributed by atoms with van der Waals surface area (Å²) in [6.45, 7) is 4.94. The number of nitrogens with one attached hydrogen (secondary N) is 1. The Balaban J connectivity index is 0.00000182. The average Bonchev–Trinajstić information content (AvgIpc) is 3.06. The Kier molecular flexibility index (Phi) is 6.63. The Labute approximate surface area is 170 Å². The van der Waals surface area contributed by atoms with E-state index in [0.29, 0.717) is 6.04 Å². The lowest BCUT2D eigenvalue weighted by Gasteiger charge is -2.37. The van der Waals surface area contributed by atoms with Crippen LogP contribution in [0.2, 0.25) is 0 Å². The Morgan fingerprint density at radius 3 is 2.68 bits per heavy atom. The van der Waals surface area contributed by atoms with Crippen molar-refractivity contribution in [2.24, 2.45) is 4.99 Å². The summed E-state index contributed by atoms with van der Waals surface area (Å²) >= 11 is 1.82. The van der Waals surface area contributed by atoms with Crippen LogP contribution in [-0.2, 0) is 6.42 Å². The van der Waals surface area contributed by atoms with E-state index >= 15 is 0 Å². The van der Waals surface area contributed by atoms with E-state index < -0.39 is 0 Å². The van der Waals surface area contributed by atoms with Gasteiger partial charge < -0.3 is 19.5 Å². The molecule has 0 amide bonds. The molecule has 1 N–H and O–H groups in total. The van der Waals surface area contributed by atoms with Gasteiger partial charge in [-0.15, -0.1) is 35.3 Å². The van der Waals surface area contributed by atoms with Gasteiger partial charge >= 0.3 is 0 Å². The summed E-state index contributed by atoms with van der Waals surface area (Å²) in [5, 5.41) is 7.15. The molecule has 2 aromatic heterocycles. The zero-order chi connectivity index (χ0) is 16.2. The Bertz CT molecular complexity index is 647. The lowest BCUT2D eigenvalue weighted by atomic mass is 10.3. The van der Waals surface area contributed by atoms with Crippen molar-refractivity contribution in [3.05, 3.63) is 41.7 Å². The number of thiophene rings is 1. The minimum absolute atomic E-state index is 0. The summed E-state index contributed by atoms with van der Waals surface area (Å²) in [4.78, 5) is 9.72. The van der Waals surface area contributed by atoms with E-state index in [2.05, 4.69) is 32.6 Å². The van der Waals surface area contributed by atoms with Gasteiger partial charge in [0.05, 0.1) is 11.3 Å². The van der Waals surface area contributed by atoms with Crippen molar-refractivity contribution < 1.29 is 4.42 Å². The Morgan fingerprint density at radius 2 is 2.04 bits per heavy atom. The molecule has 2 aliphatic rings. The largest absolute Gasteiger partial charge is 0.469 e. The molecule has 4 rings (SSSR count). The summed E-state index contributed by atoms with van der Waals surface area (Å²) in [7, 11) is 0. The fourth-order valence-electron chi connectivity index (χ4n) is 2.96. The maximum atomic E-state index is 5.40. The van der Waals surface area contributed by atoms with E-state index in [4.69, 9.17) is 9.41 Å². The third kappa shape index (κ3) is 5.13. The number of guanidine groups is 1. The number of aliphatic imine (C=N–C) groups is 1. The average molecular weight is 472 g/mol. The van der Waals surface area contributed by atoms with Crippen molar-refractivity contribution in [3.63, 3.8) is 0 Å². The van der Waals surface area contributed by atoms with Gasteiger partial charge in [-0.05, 0) is 42.5 Å².